The highest BCUT2D eigenvalue weighted by Crippen LogP contribution is 2.18. The van der Waals surface area contributed by atoms with Crippen LogP contribution in [0.25, 0.3) is 0 Å². The molecule has 1 saturated heterocycles. The highest BCUT2D eigenvalue weighted by atomic mass is 16.5. The molecule has 0 spiro atoms. The summed E-state index contributed by atoms with van der Waals surface area (Å²) in [7, 11) is 0. The van der Waals surface area contributed by atoms with Gasteiger partial charge in [-0.05, 0) is 43.0 Å². The molecule has 1 aliphatic heterocycles. The first-order valence-corrected chi connectivity index (χ1v) is 7.89. The topological polar surface area (TPSA) is 62.0 Å². The number of aromatic nitrogens is 2. The normalized spacial score (nSPS) is 16.0. The molecule has 1 aromatic heterocycles. The minimum atomic E-state index is 0.180. The third kappa shape index (κ3) is 4.27. The Bertz CT molecular complexity index is 685. The van der Waals surface area contributed by atoms with Gasteiger partial charge in [-0.15, -0.1) is 0 Å². The fourth-order valence-corrected chi connectivity index (χ4v) is 2.77. The van der Waals surface area contributed by atoms with Crippen LogP contribution in [0.15, 0.2) is 36.7 Å². The van der Waals surface area contributed by atoms with Gasteiger partial charge in [0.25, 0.3) is 0 Å². The first-order valence-electron chi connectivity index (χ1n) is 7.89. The molecule has 0 bridgehead atoms. The molecule has 0 aliphatic carbocycles. The number of nitriles is 1. The van der Waals surface area contributed by atoms with Gasteiger partial charge >= 0.3 is 6.01 Å². The van der Waals surface area contributed by atoms with Crippen LogP contribution >= 0.6 is 0 Å². The third-order valence-corrected chi connectivity index (χ3v) is 4.03. The Morgan fingerprint density at radius 1 is 1.26 bits per heavy atom. The SMILES string of the molecule is Cc1cnc(OC2CCN(Cc3cccc(C#N)c3)CC2)nc1. The number of benzene rings is 1. The summed E-state index contributed by atoms with van der Waals surface area (Å²) in [4.78, 5) is 10.8. The second-order valence-corrected chi connectivity index (χ2v) is 5.95. The first kappa shape index (κ1) is 15.4. The quantitative estimate of drug-likeness (QED) is 0.869. The number of ether oxygens (including phenoxy) is 1. The number of hydrogen-bond acceptors (Lipinski definition) is 5. The van der Waals surface area contributed by atoms with Crippen molar-refractivity contribution in [3.8, 4) is 12.1 Å². The van der Waals surface area contributed by atoms with Crippen molar-refractivity contribution in [3.05, 3.63) is 53.3 Å². The molecule has 23 heavy (non-hydrogen) atoms. The molecule has 118 valence electrons. The molecule has 2 aromatic rings. The van der Waals surface area contributed by atoms with E-state index >= 15 is 0 Å². The zero-order valence-corrected chi connectivity index (χ0v) is 13.3. The van der Waals surface area contributed by atoms with Gasteiger partial charge in [-0.2, -0.15) is 5.26 Å². The predicted octanol–water partition coefficient (Wildman–Crippen LogP) is 2.70. The number of rotatable bonds is 4. The minimum absolute atomic E-state index is 0.180. The van der Waals surface area contributed by atoms with Crippen LogP contribution in [0, 0.1) is 18.3 Å². The zero-order chi connectivity index (χ0) is 16.1. The second kappa shape index (κ2) is 7.21. The Morgan fingerprint density at radius 3 is 2.70 bits per heavy atom. The Labute approximate surface area is 136 Å². The summed E-state index contributed by atoms with van der Waals surface area (Å²) < 4.78 is 5.85. The fourth-order valence-electron chi connectivity index (χ4n) is 2.77. The van der Waals surface area contributed by atoms with Crippen LogP contribution in [-0.4, -0.2) is 34.1 Å². The monoisotopic (exact) mass is 308 g/mol. The van der Waals surface area contributed by atoms with Gasteiger partial charge in [-0.25, -0.2) is 9.97 Å². The Balaban J connectivity index is 1.50. The molecule has 5 heteroatoms. The lowest BCUT2D eigenvalue weighted by Crippen LogP contribution is -2.38. The van der Waals surface area contributed by atoms with Crippen LogP contribution in [0.1, 0.15) is 29.5 Å². The molecule has 5 nitrogen and oxygen atoms in total. The number of aryl methyl sites for hydroxylation is 1. The molecular weight excluding hydrogens is 288 g/mol. The maximum absolute atomic E-state index is 8.97. The van der Waals surface area contributed by atoms with Crippen molar-refractivity contribution in [2.75, 3.05) is 13.1 Å². The van der Waals surface area contributed by atoms with E-state index in [0.717, 1.165) is 43.6 Å². The summed E-state index contributed by atoms with van der Waals surface area (Å²) in [6.07, 6.45) is 5.67. The molecule has 0 N–H and O–H groups in total. The van der Waals surface area contributed by atoms with Gasteiger partial charge in [0.2, 0.25) is 0 Å². The van der Waals surface area contributed by atoms with Crippen molar-refractivity contribution < 1.29 is 4.74 Å². The van der Waals surface area contributed by atoms with Crippen molar-refractivity contribution in [2.45, 2.75) is 32.4 Å². The summed E-state index contributed by atoms with van der Waals surface area (Å²) in [6, 6.07) is 10.5. The largest absolute Gasteiger partial charge is 0.460 e. The molecule has 0 amide bonds. The van der Waals surface area contributed by atoms with Crippen molar-refractivity contribution in [1.82, 2.24) is 14.9 Å². The summed E-state index contributed by atoms with van der Waals surface area (Å²) in [5.41, 5.74) is 2.94. The zero-order valence-electron chi connectivity index (χ0n) is 13.3. The highest BCUT2D eigenvalue weighted by Gasteiger charge is 2.21. The lowest BCUT2D eigenvalue weighted by atomic mass is 10.1. The molecule has 1 fully saturated rings. The first-order chi connectivity index (χ1) is 11.2. The van der Waals surface area contributed by atoms with Crippen LogP contribution in [0.5, 0.6) is 6.01 Å². The minimum Gasteiger partial charge on any atom is -0.460 e. The summed E-state index contributed by atoms with van der Waals surface area (Å²) in [5, 5.41) is 8.97. The van der Waals surface area contributed by atoms with Crippen molar-refractivity contribution in [1.29, 1.82) is 5.26 Å². The smallest absolute Gasteiger partial charge is 0.316 e. The van der Waals surface area contributed by atoms with Crippen LogP contribution in [0.3, 0.4) is 0 Å². The summed E-state index contributed by atoms with van der Waals surface area (Å²) in [5.74, 6) is 0. The standard InChI is InChI=1S/C18H20N4O/c1-14-11-20-18(21-12-14)23-17-5-7-22(8-6-17)13-16-4-2-3-15(9-16)10-19/h2-4,9,11-12,17H,5-8,13H2,1H3. The van der Waals surface area contributed by atoms with Crippen LogP contribution in [0.4, 0.5) is 0 Å². The van der Waals surface area contributed by atoms with Gasteiger partial charge in [0.15, 0.2) is 0 Å². The van der Waals surface area contributed by atoms with Gasteiger partial charge in [-0.3, -0.25) is 4.90 Å². The summed E-state index contributed by atoms with van der Waals surface area (Å²) >= 11 is 0. The maximum Gasteiger partial charge on any atom is 0.316 e. The van der Waals surface area contributed by atoms with Crippen molar-refractivity contribution in [2.24, 2.45) is 0 Å². The molecule has 0 radical (unpaired) electrons. The Morgan fingerprint density at radius 2 is 2.00 bits per heavy atom. The van der Waals surface area contributed by atoms with E-state index in [0.29, 0.717) is 6.01 Å². The molecule has 0 saturated carbocycles. The van der Waals surface area contributed by atoms with Crippen LogP contribution in [-0.2, 0) is 6.54 Å². The van der Waals surface area contributed by atoms with Gasteiger partial charge < -0.3 is 4.74 Å². The van der Waals surface area contributed by atoms with E-state index in [-0.39, 0.29) is 6.10 Å². The van der Waals surface area contributed by atoms with Gasteiger partial charge in [0.05, 0.1) is 11.6 Å². The predicted molar refractivity (Wildman–Crippen MR) is 86.9 cm³/mol. The Hall–Kier alpha value is -2.45. The lowest BCUT2D eigenvalue weighted by Gasteiger charge is -2.31. The summed E-state index contributed by atoms with van der Waals surface area (Å²) in [6.45, 7) is 4.80. The molecule has 3 rings (SSSR count). The van der Waals surface area contributed by atoms with E-state index in [1.54, 1.807) is 12.4 Å². The molecular formula is C18H20N4O. The molecule has 2 heterocycles. The van der Waals surface area contributed by atoms with E-state index < -0.39 is 0 Å². The van der Waals surface area contributed by atoms with Crippen molar-refractivity contribution >= 4 is 0 Å². The van der Waals surface area contributed by atoms with E-state index in [2.05, 4.69) is 27.0 Å². The van der Waals surface area contributed by atoms with Crippen LogP contribution in [0.2, 0.25) is 0 Å². The number of piperidine rings is 1. The van der Waals surface area contributed by atoms with Gasteiger partial charge in [0.1, 0.15) is 6.10 Å². The number of likely N-dealkylation sites (tertiary alicyclic amines) is 1. The fraction of sp³-hybridized carbons (Fsp3) is 0.389. The highest BCUT2D eigenvalue weighted by molar-refractivity contribution is 5.32. The maximum atomic E-state index is 8.97. The van der Waals surface area contributed by atoms with Crippen LogP contribution < -0.4 is 4.74 Å². The van der Waals surface area contributed by atoms with Gasteiger partial charge in [-0.1, -0.05) is 12.1 Å². The van der Waals surface area contributed by atoms with Crippen molar-refractivity contribution in [3.63, 3.8) is 0 Å². The molecule has 0 unspecified atom stereocenters. The third-order valence-electron chi connectivity index (χ3n) is 4.03. The second-order valence-electron chi connectivity index (χ2n) is 5.95. The van der Waals surface area contributed by atoms with E-state index in [4.69, 9.17) is 10.00 Å². The molecule has 1 aliphatic rings. The average molecular weight is 308 g/mol. The molecule has 0 atom stereocenters. The van der Waals surface area contributed by atoms with E-state index in [1.807, 2.05) is 25.1 Å². The Kier molecular flexibility index (Phi) is 4.84. The lowest BCUT2D eigenvalue weighted by molar-refractivity contribution is 0.0892. The number of hydrogen-bond donors (Lipinski definition) is 0. The van der Waals surface area contributed by atoms with E-state index in [9.17, 15) is 0 Å². The molecule has 1 aromatic carbocycles. The number of nitrogens with zero attached hydrogens (tertiary/aromatic N) is 4. The van der Waals surface area contributed by atoms with Gasteiger partial charge in [0, 0.05) is 32.0 Å². The van der Waals surface area contributed by atoms with E-state index in [1.165, 1.54) is 5.56 Å². The average Bonchev–Trinajstić information content (AvgIpc) is 2.59.